The third kappa shape index (κ3) is 4.15. The van der Waals surface area contributed by atoms with Gasteiger partial charge in [0.15, 0.2) is 0 Å². The highest BCUT2D eigenvalue weighted by atomic mass is 79.9. The predicted octanol–water partition coefficient (Wildman–Crippen LogP) is 4.20. The second-order valence-corrected chi connectivity index (χ2v) is 8.08. The molecular formula is C23H16BrN3O5. The van der Waals surface area contributed by atoms with Gasteiger partial charge < -0.3 is 5.32 Å². The summed E-state index contributed by atoms with van der Waals surface area (Å²) in [5.74, 6) is -1.65. The van der Waals surface area contributed by atoms with E-state index in [2.05, 4.69) is 21.2 Å². The van der Waals surface area contributed by atoms with Crippen LogP contribution in [0.5, 0.6) is 0 Å². The third-order valence-electron chi connectivity index (χ3n) is 5.13. The lowest BCUT2D eigenvalue weighted by Crippen LogP contribution is -2.48. The minimum absolute atomic E-state index is 0.00578. The Hall–Kier alpha value is -3.85. The Morgan fingerprint density at radius 1 is 0.938 bits per heavy atom. The lowest BCUT2D eigenvalue weighted by molar-refractivity contribution is -0.384. The van der Waals surface area contributed by atoms with E-state index in [0.29, 0.717) is 11.3 Å². The summed E-state index contributed by atoms with van der Waals surface area (Å²) in [7, 11) is 0. The molecule has 0 spiro atoms. The molecule has 8 nitrogen and oxygen atoms in total. The first kappa shape index (κ1) is 21.4. The quantitative estimate of drug-likeness (QED) is 0.314. The molecule has 0 bridgehead atoms. The van der Waals surface area contributed by atoms with E-state index in [1.54, 1.807) is 48.5 Å². The standard InChI is InChI=1S/C23H16BrN3O5/c24-15-7-9-16(10-8-15)25-21(28)20(13-14-5-11-17(12-6-14)27(31)32)26-22(29)18-3-1-2-4-19(18)23(26)30/h1-12,20H,13H2,(H,25,28). The number of nitro benzene ring substituents is 1. The van der Waals surface area contributed by atoms with E-state index in [-0.39, 0.29) is 23.2 Å². The van der Waals surface area contributed by atoms with Gasteiger partial charge in [0.1, 0.15) is 6.04 Å². The molecule has 160 valence electrons. The van der Waals surface area contributed by atoms with Crippen molar-refractivity contribution in [2.24, 2.45) is 0 Å². The molecule has 1 aliphatic heterocycles. The van der Waals surface area contributed by atoms with Gasteiger partial charge in [-0.05, 0) is 42.0 Å². The van der Waals surface area contributed by atoms with Crippen LogP contribution >= 0.6 is 15.9 Å². The number of halogens is 1. The molecule has 0 aliphatic carbocycles. The highest BCUT2D eigenvalue weighted by Gasteiger charge is 2.42. The predicted molar refractivity (Wildman–Crippen MR) is 120 cm³/mol. The number of nitro groups is 1. The largest absolute Gasteiger partial charge is 0.324 e. The van der Waals surface area contributed by atoms with Crippen LogP contribution in [0.3, 0.4) is 0 Å². The number of hydrogen-bond donors (Lipinski definition) is 1. The average Bonchev–Trinajstić information content (AvgIpc) is 3.04. The molecule has 1 heterocycles. The van der Waals surface area contributed by atoms with Crippen molar-refractivity contribution in [1.29, 1.82) is 0 Å². The number of non-ortho nitro benzene ring substituents is 1. The molecule has 0 aromatic heterocycles. The number of carbonyl (C=O) groups excluding carboxylic acids is 3. The molecule has 0 radical (unpaired) electrons. The summed E-state index contributed by atoms with van der Waals surface area (Å²) in [4.78, 5) is 50.6. The van der Waals surface area contributed by atoms with Crippen LogP contribution < -0.4 is 5.32 Å². The zero-order valence-corrected chi connectivity index (χ0v) is 18.1. The topological polar surface area (TPSA) is 110 Å². The average molecular weight is 494 g/mol. The van der Waals surface area contributed by atoms with Crippen molar-refractivity contribution in [3.8, 4) is 0 Å². The molecule has 1 aliphatic rings. The Labute approximate surface area is 191 Å². The molecule has 0 saturated heterocycles. The number of imide groups is 1. The van der Waals surface area contributed by atoms with E-state index >= 15 is 0 Å². The van der Waals surface area contributed by atoms with Crippen LogP contribution in [-0.4, -0.2) is 33.6 Å². The highest BCUT2D eigenvalue weighted by Crippen LogP contribution is 2.27. The van der Waals surface area contributed by atoms with Gasteiger partial charge >= 0.3 is 0 Å². The van der Waals surface area contributed by atoms with E-state index < -0.39 is 28.7 Å². The fraction of sp³-hybridized carbons (Fsp3) is 0.0870. The lowest BCUT2D eigenvalue weighted by atomic mass is 10.0. The molecule has 4 rings (SSSR count). The van der Waals surface area contributed by atoms with Crippen molar-refractivity contribution in [2.75, 3.05) is 5.32 Å². The van der Waals surface area contributed by atoms with Crippen molar-refractivity contribution < 1.29 is 19.3 Å². The molecule has 0 fully saturated rings. The van der Waals surface area contributed by atoms with Crippen LogP contribution in [0.4, 0.5) is 11.4 Å². The maximum atomic E-state index is 13.2. The molecule has 1 N–H and O–H groups in total. The van der Waals surface area contributed by atoms with Gasteiger partial charge in [-0.1, -0.05) is 40.2 Å². The Morgan fingerprint density at radius 3 is 2.03 bits per heavy atom. The van der Waals surface area contributed by atoms with Gasteiger partial charge in [-0.25, -0.2) is 0 Å². The number of rotatable bonds is 6. The molecule has 3 amide bonds. The maximum Gasteiger partial charge on any atom is 0.269 e. The van der Waals surface area contributed by atoms with Gasteiger partial charge in [0, 0.05) is 28.7 Å². The molecule has 3 aromatic rings. The van der Waals surface area contributed by atoms with Gasteiger partial charge in [-0.3, -0.25) is 29.4 Å². The molecule has 9 heteroatoms. The Morgan fingerprint density at radius 2 is 1.50 bits per heavy atom. The van der Waals surface area contributed by atoms with E-state index in [9.17, 15) is 24.5 Å². The number of amides is 3. The Balaban J connectivity index is 1.67. The lowest BCUT2D eigenvalue weighted by Gasteiger charge is -2.25. The van der Waals surface area contributed by atoms with Crippen LogP contribution in [0.25, 0.3) is 0 Å². The minimum atomic E-state index is -1.15. The summed E-state index contributed by atoms with van der Waals surface area (Å²) in [5, 5.41) is 13.7. The Bertz CT molecular complexity index is 1190. The summed E-state index contributed by atoms with van der Waals surface area (Å²) in [6.07, 6.45) is 0.00578. The summed E-state index contributed by atoms with van der Waals surface area (Å²) < 4.78 is 0.832. The van der Waals surface area contributed by atoms with Gasteiger partial charge in [-0.2, -0.15) is 0 Å². The number of benzene rings is 3. The summed E-state index contributed by atoms with van der Waals surface area (Å²) in [6, 6.07) is 17.8. The van der Waals surface area contributed by atoms with E-state index in [0.717, 1.165) is 9.37 Å². The zero-order valence-electron chi connectivity index (χ0n) is 16.5. The van der Waals surface area contributed by atoms with Crippen LogP contribution in [0.15, 0.2) is 77.3 Å². The minimum Gasteiger partial charge on any atom is -0.324 e. The van der Waals surface area contributed by atoms with E-state index in [1.165, 1.54) is 24.3 Å². The first-order chi connectivity index (χ1) is 15.3. The number of nitrogens with zero attached hydrogens (tertiary/aromatic N) is 2. The first-order valence-electron chi connectivity index (χ1n) is 9.62. The number of fused-ring (bicyclic) bond motifs is 1. The van der Waals surface area contributed by atoms with Crippen LogP contribution in [-0.2, 0) is 11.2 Å². The zero-order chi connectivity index (χ0) is 22.8. The first-order valence-corrected chi connectivity index (χ1v) is 10.4. The third-order valence-corrected chi connectivity index (χ3v) is 5.66. The van der Waals surface area contributed by atoms with Crippen molar-refractivity contribution in [2.45, 2.75) is 12.5 Å². The summed E-state index contributed by atoms with van der Waals surface area (Å²) in [6.45, 7) is 0. The second kappa shape index (κ2) is 8.72. The van der Waals surface area contributed by atoms with Gasteiger partial charge in [-0.15, -0.1) is 0 Å². The smallest absolute Gasteiger partial charge is 0.269 e. The van der Waals surface area contributed by atoms with Crippen molar-refractivity contribution >= 4 is 45.0 Å². The fourth-order valence-electron chi connectivity index (χ4n) is 3.53. The monoisotopic (exact) mass is 493 g/mol. The summed E-state index contributed by atoms with van der Waals surface area (Å²) >= 11 is 3.33. The van der Waals surface area contributed by atoms with E-state index in [4.69, 9.17) is 0 Å². The summed E-state index contributed by atoms with van der Waals surface area (Å²) in [5.41, 5.74) is 1.46. The van der Waals surface area contributed by atoms with Gasteiger partial charge in [0.2, 0.25) is 5.91 Å². The second-order valence-electron chi connectivity index (χ2n) is 7.17. The SMILES string of the molecule is O=C(Nc1ccc(Br)cc1)C(Cc1ccc([N+](=O)[O-])cc1)N1C(=O)c2ccccc2C1=O. The fourth-order valence-corrected chi connectivity index (χ4v) is 3.79. The van der Waals surface area contributed by atoms with Crippen molar-refractivity contribution in [3.63, 3.8) is 0 Å². The highest BCUT2D eigenvalue weighted by molar-refractivity contribution is 9.10. The van der Waals surface area contributed by atoms with E-state index in [1.807, 2.05) is 0 Å². The number of hydrogen-bond acceptors (Lipinski definition) is 5. The normalized spacial score (nSPS) is 13.6. The number of anilines is 1. The molecule has 0 saturated carbocycles. The van der Waals surface area contributed by atoms with Gasteiger partial charge in [0.25, 0.3) is 17.5 Å². The molecule has 1 unspecified atom stereocenters. The van der Waals surface area contributed by atoms with Gasteiger partial charge in [0.05, 0.1) is 16.1 Å². The molecular weight excluding hydrogens is 478 g/mol. The van der Waals surface area contributed by atoms with Crippen molar-refractivity contribution in [1.82, 2.24) is 4.90 Å². The molecule has 32 heavy (non-hydrogen) atoms. The maximum absolute atomic E-state index is 13.2. The number of nitrogens with one attached hydrogen (secondary N) is 1. The molecule has 3 aromatic carbocycles. The Kier molecular flexibility index (Phi) is 5.83. The van der Waals surface area contributed by atoms with Crippen LogP contribution in [0.2, 0.25) is 0 Å². The van der Waals surface area contributed by atoms with Crippen LogP contribution in [0.1, 0.15) is 26.3 Å². The van der Waals surface area contributed by atoms with Crippen LogP contribution in [0, 0.1) is 10.1 Å². The molecule has 1 atom stereocenters. The van der Waals surface area contributed by atoms with Crippen molar-refractivity contribution in [3.05, 3.63) is 104 Å². The number of carbonyl (C=O) groups is 3.